The van der Waals surface area contributed by atoms with Crippen molar-refractivity contribution >= 4 is 16.7 Å². The van der Waals surface area contributed by atoms with Gasteiger partial charge in [-0.3, -0.25) is 4.79 Å². The Labute approximate surface area is 159 Å². The number of rotatable bonds is 1. The molecule has 136 valence electrons. The highest BCUT2D eigenvalue weighted by atomic mass is 16.5. The first-order valence-electron chi connectivity index (χ1n) is 9.54. The SMILES string of the molecule is Cc1ccc2c(c1)C(c1c[nH]c3ccccc13)C1=C(CC(C)(C)CC1=O)O2. The predicted octanol–water partition coefficient (Wildman–Crippen LogP) is 5.64. The van der Waals surface area contributed by atoms with Gasteiger partial charge >= 0.3 is 0 Å². The van der Waals surface area contributed by atoms with Crippen LogP contribution in [0, 0.1) is 12.3 Å². The van der Waals surface area contributed by atoms with Crippen LogP contribution < -0.4 is 4.74 Å². The Morgan fingerprint density at radius 1 is 1.07 bits per heavy atom. The van der Waals surface area contributed by atoms with Gasteiger partial charge in [-0.25, -0.2) is 0 Å². The van der Waals surface area contributed by atoms with Crippen molar-refractivity contribution in [2.75, 3.05) is 0 Å². The Morgan fingerprint density at radius 2 is 1.89 bits per heavy atom. The number of hydrogen-bond donors (Lipinski definition) is 1. The van der Waals surface area contributed by atoms with Crippen LogP contribution >= 0.6 is 0 Å². The first-order chi connectivity index (χ1) is 12.9. The molecule has 5 rings (SSSR count). The van der Waals surface area contributed by atoms with E-state index in [4.69, 9.17) is 4.74 Å². The lowest BCUT2D eigenvalue weighted by Gasteiger charge is -2.38. The maximum Gasteiger partial charge on any atom is 0.163 e. The minimum Gasteiger partial charge on any atom is -0.461 e. The van der Waals surface area contributed by atoms with Gasteiger partial charge in [0.2, 0.25) is 0 Å². The van der Waals surface area contributed by atoms with Gasteiger partial charge in [0.15, 0.2) is 5.78 Å². The number of ether oxygens (including phenoxy) is 1. The number of benzene rings is 2. The Bertz CT molecular complexity index is 1120. The van der Waals surface area contributed by atoms with Crippen LogP contribution in [0.25, 0.3) is 10.9 Å². The van der Waals surface area contributed by atoms with Crippen LogP contribution in [0.5, 0.6) is 5.75 Å². The number of aromatic amines is 1. The molecule has 0 saturated carbocycles. The number of carbonyl (C=O) groups is 1. The number of fused-ring (bicyclic) bond motifs is 2. The van der Waals surface area contributed by atoms with Gasteiger partial charge in [0.05, 0.1) is 0 Å². The van der Waals surface area contributed by atoms with Crippen molar-refractivity contribution in [3.05, 3.63) is 76.7 Å². The topological polar surface area (TPSA) is 42.1 Å². The van der Waals surface area contributed by atoms with Gasteiger partial charge in [0.25, 0.3) is 0 Å². The zero-order valence-electron chi connectivity index (χ0n) is 15.9. The second kappa shape index (κ2) is 5.59. The average molecular weight is 357 g/mol. The molecule has 0 saturated heterocycles. The first kappa shape index (κ1) is 16.4. The summed E-state index contributed by atoms with van der Waals surface area (Å²) >= 11 is 0. The van der Waals surface area contributed by atoms with Crippen LogP contribution in [0.2, 0.25) is 0 Å². The van der Waals surface area contributed by atoms with Crippen molar-refractivity contribution in [3.63, 3.8) is 0 Å². The molecular weight excluding hydrogens is 334 g/mol. The molecular formula is C24H23NO2. The van der Waals surface area contributed by atoms with E-state index < -0.39 is 0 Å². The summed E-state index contributed by atoms with van der Waals surface area (Å²) in [5.41, 5.74) is 5.29. The Kier molecular flexibility index (Phi) is 3.39. The number of carbonyl (C=O) groups excluding carboxylic acids is 1. The molecule has 1 aromatic heterocycles. The lowest BCUT2D eigenvalue weighted by molar-refractivity contribution is -0.118. The van der Waals surface area contributed by atoms with Crippen molar-refractivity contribution in [2.24, 2.45) is 5.41 Å². The summed E-state index contributed by atoms with van der Waals surface area (Å²) in [6.07, 6.45) is 3.42. The number of ketones is 1. The lowest BCUT2D eigenvalue weighted by atomic mass is 9.70. The molecule has 3 nitrogen and oxygen atoms in total. The van der Waals surface area contributed by atoms with E-state index in [-0.39, 0.29) is 17.1 Å². The van der Waals surface area contributed by atoms with Crippen molar-refractivity contribution < 1.29 is 9.53 Å². The number of allylic oxidation sites excluding steroid dienone is 2. The molecule has 1 atom stereocenters. The zero-order valence-corrected chi connectivity index (χ0v) is 15.9. The normalized spacial score (nSPS) is 21.0. The number of H-pyrrole nitrogens is 1. The van der Waals surface area contributed by atoms with E-state index in [1.165, 1.54) is 10.9 Å². The minimum absolute atomic E-state index is 0.0666. The van der Waals surface area contributed by atoms with Gasteiger partial charge in [-0.15, -0.1) is 0 Å². The standard InChI is InChI=1S/C24H23NO2/c1-14-8-9-20-16(10-14)22(17-13-25-18-7-5-4-6-15(17)18)23-19(26)11-24(2,3)12-21(23)27-20/h4-10,13,22,25H,11-12H2,1-3H3. The molecule has 1 N–H and O–H groups in total. The number of Topliss-reactive ketones (excluding diaryl/α,β-unsaturated/α-hetero) is 1. The molecule has 0 radical (unpaired) electrons. The molecule has 1 aliphatic heterocycles. The van der Waals surface area contributed by atoms with Gasteiger partial charge in [0, 0.05) is 47.0 Å². The average Bonchev–Trinajstić information content (AvgIpc) is 3.03. The summed E-state index contributed by atoms with van der Waals surface area (Å²) in [7, 11) is 0. The van der Waals surface area contributed by atoms with E-state index in [0.29, 0.717) is 6.42 Å². The van der Waals surface area contributed by atoms with Crippen LogP contribution in [-0.2, 0) is 4.79 Å². The molecule has 2 heterocycles. The highest BCUT2D eigenvalue weighted by Crippen LogP contribution is 2.51. The first-order valence-corrected chi connectivity index (χ1v) is 9.54. The Morgan fingerprint density at radius 3 is 2.74 bits per heavy atom. The fourth-order valence-electron chi connectivity index (χ4n) is 4.62. The van der Waals surface area contributed by atoms with Gasteiger partial charge < -0.3 is 9.72 Å². The second-order valence-electron chi connectivity index (χ2n) is 8.64. The third kappa shape index (κ3) is 2.53. The van der Waals surface area contributed by atoms with Crippen LogP contribution in [0.1, 0.15) is 49.3 Å². The predicted molar refractivity (Wildman–Crippen MR) is 107 cm³/mol. The lowest BCUT2D eigenvalue weighted by Crippen LogP contribution is -2.32. The van der Waals surface area contributed by atoms with E-state index in [2.05, 4.69) is 62.3 Å². The van der Waals surface area contributed by atoms with Gasteiger partial charge in [0.1, 0.15) is 11.5 Å². The molecule has 2 aromatic carbocycles. The van der Waals surface area contributed by atoms with E-state index in [1.807, 2.05) is 12.1 Å². The zero-order chi connectivity index (χ0) is 18.8. The number of aryl methyl sites for hydroxylation is 1. The molecule has 3 aromatic rings. The van der Waals surface area contributed by atoms with Crippen LogP contribution in [0.3, 0.4) is 0 Å². The maximum absolute atomic E-state index is 13.2. The minimum atomic E-state index is -0.0802. The molecule has 27 heavy (non-hydrogen) atoms. The number of nitrogens with one attached hydrogen (secondary N) is 1. The largest absolute Gasteiger partial charge is 0.461 e. The second-order valence-corrected chi connectivity index (χ2v) is 8.64. The van der Waals surface area contributed by atoms with Crippen molar-refractivity contribution in [3.8, 4) is 5.75 Å². The van der Waals surface area contributed by atoms with Crippen molar-refractivity contribution in [1.29, 1.82) is 0 Å². The number of aromatic nitrogens is 1. The third-order valence-corrected chi connectivity index (χ3v) is 5.81. The maximum atomic E-state index is 13.2. The third-order valence-electron chi connectivity index (χ3n) is 5.81. The fourth-order valence-corrected chi connectivity index (χ4v) is 4.62. The smallest absolute Gasteiger partial charge is 0.163 e. The van der Waals surface area contributed by atoms with E-state index >= 15 is 0 Å². The Balaban J connectivity index is 1.79. The molecule has 1 unspecified atom stereocenters. The number of para-hydroxylation sites is 1. The molecule has 0 spiro atoms. The van der Waals surface area contributed by atoms with Gasteiger partial charge in [-0.05, 0) is 30.0 Å². The summed E-state index contributed by atoms with van der Waals surface area (Å²) in [5.74, 6) is 1.86. The van der Waals surface area contributed by atoms with E-state index in [0.717, 1.165) is 40.1 Å². The summed E-state index contributed by atoms with van der Waals surface area (Å²) in [4.78, 5) is 16.6. The van der Waals surface area contributed by atoms with Crippen molar-refractivity contribution in [1.82, 2.24) is 4.98 Å². The highest BCUT2D eigenvalue weighted by molar-refractivity contribution is 6.01. The number of hydrogen-bond acceptors (Lipinski definition) is 2. The van der Waals surface area contributed by atoms with E-state index in [1.54, 1.807) is 0 Å². The van der Waals surface area contributed by atoms with Crippen LogP contribution in [-0.4, -0.2) is 10.8 Å². The van der Waals surface area contributed by atoms with Crippen LogP contribution in [0.15, 0.2) is 60.0 Å². The summed E-state index contributed by atoms with van der Waals surface area (Å²) in [6.45, 7) is 6.37. The quantitative estimate of drug-likeness (QED) is 0.612. The summed E-state index contributed by atoms with van der Waals surface area (Å²) < 4.78 is 6.29. The van der Waals surface area contributed by atoms with E-state index in [9.17, 15) is 4.79 Å². The highest BCUT2D eigenvalue weighted by Gasteiger charge is 2.42. The molecule has 2 aliphatic rings. The molecule has 3 heteroatoms. The molecule has 0 amide bonds. The molecule has 0 bridgehead atoms. The Hall–Kier alpha value is -2.81. The molecule has 1 aliphatic carbocycles. The summed E-state index contributed by atoms with van der Waals surface area (Å²) in [6, 6.07) is 14.6. The monoisotopic (exact) mass is 357 g/mol. The summed E-state index contributed by atoms with van der Waals surface area (Å²) in [5, 5.41) is 1.17. The van der Waals surface area contributed by atoms with Crippen molar-refractivity contribution in [2.45, 2.75) is 39.5 Å². The molecule has 0 fully saturated rings. The fraction of sp³-hybridized carbons (Fsp3) is 0.292. The van der Waals surface area contributed by atoms with Gasteiger partial charge in [-0.2, -0.15) is 0 Å². The van der Waals surface area contributed by atoms with Gasteiger partial charge in [-0.1, -0.05) is 49.7 Å². The van der Waals surface area contributed by atoms with Crippen LogP contribution in [0.4, 0.5) is 0 Å².